The Morgan fingerprint density at radius 3 is 2.62 bits per heavy atom. The van der Waals surface area contributed by atoms with Crippen LogP contribution in [0.1, 0.15) is 18.5 Å². The second kappa shape index (κ2) is 5.77. The molecule has 0 fully saturated rings. The van der Waals surface area contributed by atoms with Crippen LogP contribution >= 0.6 is 11.6 Å². The van der Waals surface area contributed by atoms with E-state index < -0.39 is 23.7 Å². The molecule has 1 amide bonds. The molecule has 0 aliphatic heterocycles. The largest absolute Gasteiger partial charge is 0.418 e. The monoisotopic (exact) mass is 317 g/mol. The highest BCUT2D eigenvalue weighted by Crippen LogP contribution is 2.34. The first-order chi connectivity index (χ1) is 9.79. The molecule has 2 aromatic rings. The van der Waals surface area contributed by atoms with Gasteiger partial charge in [0.2, 0.25) is 5.91 Å². The number of nitrogens with one attached hydrogen (secondary N) is 1. The molecule has 0 spiro atoms. The third-order valence-corrected chi connectivity index (χ3v) is 3.03. The highest BCUT2D eigenvalue weighted by Gasteiger charge is 2.33. The molecule has 1 aromatic carbocycles. The molecule has 4 nitrogen and oxygen atoms in total. The summed E-state index contributed by atoms with van der Waals surface area (Å²) in [4.78, 5) is 12.0. The number of rotatable bonds is 3. The van der Waals surface area contributed by atoms with Gasteiger partial charge in [0.05, 0.1) is 22.5 Å². The van der Waals surface area contributed by atoms with Crippen molar-refractivity contribution in [1.82, 2.24) is 9.78 Å². The van der Waals surface area contributed by atoms with Gasteiger partial charge in [-0.3, -0.25) is 9.48 Å². The molecule has 0 bridgehead atoms. The number of carbonyl (C=O) groups excluding carboxylic acids is 1. The second-order valence-electron chi connectivity index (χ2n) is 4.35. The zero-order valence-corrected chi connectivity index (χ0v) is 11.6. The SMILES string of the molecule is CC(C(=O)Nc1ccccc1C(F)(F)F)n1cc(Cl)cn1. The number of benzene rings is 1. The summed E-state index contributed by atoms with van der Waals surface area (Å²) in [5, 5.41) is 6.45. The Morgan fingerprint density at radius 2 is 2.05 bits per heavy atom. The van der Waals surface area contributed by atoms with Crippen molar-refractivity contribution in [3.63, 3.8) is 0 Å². The number of alkyl halides is 3. The lowest BCUT2D eigenvalue weighted by molar-refractivity contribution is -0.137. The quantitative estimate of drug-likeness (QED) is 0.937. The third kappa shape index (κ3) is 3.55. The van der Waals surface area contributed by atoms with Gasteiger partial charge in [0.1, 0.15) is 6.04 Å². The summed E-state index contributed by atoms with van der Waals surface area (Å²) >= 11 is 5.69. The van der Waals surface area contributed by atoms with Crippen molar-refractivity contribution in [3.8, 4) is 0 Å². The van der Waals surface area contributed by atoms with Gasteiger partial charge in [-0.05, 0) is 19.1 Å². The fraction of sp³-hybridized carbons (Fsp3) is 0.231. The van der Waals surface area contributed by atoms with Crippen LogP contribution in [0.4, 0.5) is 18.9 Å². The minimum atomic E-state index is -4.54. The number of carbonyl (C=O) groups is 1. The molecule has 0 saturated heterocycles. The topological polar surface area (TPSA) is 46.9 Å². The number of para-hydroxylation sites is 1. The highest BCUT2D eigenvalue weighted by atomic mass is 35.5. The van der Waals surface area contributed by atoms with Gasteiger partial charge >= 0.3 is 6.18 Å². The van der Waals surface area contributed by atoms with Crippen LogP contribution in [0.3, 0.4) is 0 Å². The zero-order chi connectivity index (χ0) is 15.6. The summed E-state index contributed by atoms with van der Waals surface area (Å²) in [6.07, 6.45) is -1.78. The maximum absolute atomic E-state index is 12.8. The lowest BCUT2D eigenvalue weighted by Gasteiger charge is -2.16. The molecule has 1 heterocycles. The number of hydrogen-bond donors (Lipinski definition) is 1. The minimum absolute atomic E-state index is 0.292. The first kappa shape index (κ1) is 15.4. The predicted molar refractivity (Wildman–Crippen MR) is 72.0 cm³/mol. The van der Waals surface area contributed by atoms with E-state index in [-0.39, 0.29) is 5.69 Å². The van der Waals surface area contributed by atoms with E-state index in [1.54, 1.807) is 0 Å². The van der Waals surface area contributed by atoms with Gasteiger partial charge in [0.25, 0.3) is 0 Å². The molecule has 2 rings (SSSR count). The molecule has 1 unspecified atom stereocenters. The molecule has 0 aliphatic rings. The van der Waals surface area contributed by atoms with E-state index in [0.29, 0.717) is 5.02 Å². The Hall–Kier alpha value is -2.02. The number of aromatic nitrogens is 2. The Morgan fingerprint density at radius 1 is 1.38 bits per heavy atom. The van der Waals surface area contributed by atoms with Crippen LogP contribution in [0.15, 0.2) is 36.7 Å². The van der Waals surface area contributed by atoms with Crippen molar-refractivity contribution in [2.75, 3.05) is 5.32 Å². The van der Waals surface area contributed by atoms with Gasteiger partial charge in [-0.2, -0.15) is 18.3 Å². The van der Waals surface area contributed by atoms with E-state index in [0.717, 1.165) is 6.07 Å². The summed E-state index contributed by atoms with van der Waals surface area (Å²) in [7, 11) is 0. The van der Waals surface area contributed by atoms with Crippen LogP contribution < -0.4 is 5.32 Å². The molecule has 1 N–H and O–H groups in total. The first-order valence-corrected chi connectivity index (χ1v) is 6.33. The van der Waals surface area contributed by atoms with Crippen LogP contribution in [-0.2, 0) is 11.0 Å². The Bertz CT molecular complexity index is 654. The molecule has 0 radical (unpaired) electrons. The number of anilines is 1. The van der Waals surface area contributed by atoms with E-state index in [2.05, 4.69) is 10.4 Å². The van der Waals surface area contributed by atoms with Gasteiger partial charge in [-0.15, -0.1) is 0 Å². The van der Waals surface area contributed by atoms with Gasteiger partial charge in [0, 0.05) is 6.20 Å². The van der Waals surface area contributed by atoms with E-state index in [4.69, 9.17) is 11.6 Å². The molecule has 112 valence electrons. The molecule has 1 atom stereocenters. The van der Waals surface area contributed by atoms with Crippen molar-refractivity contribution in [1.29, 1.82) is 0 Å². The van der Waals surface area contributed by atoms with Crippen molar-refractivity contribution in [3.05, 3.63) is 47.2 Å². The Kier molecular flexibility index (Phi) is 4.22. The van der Waals surface area contributed by atoms with Gasteiger partial charge < -0.3 is 5.32 Å². The zero-order valence-electron chi connectivity index (χ0n) is 10.9. The Labute approximate surface area is 123 Å². The highest BCUT2D eigenvalue weighted by molar-refractivity contribution is 6.30. The van der Waals surface area contributed by atoms with Crippen molar-refractivity contribution in [2.24, 2.45) is 0 Å². The third-order valence-electron chi connectivity index (χ3n) is 2.84. The maximum Gasteiger partial charge on any atom is 0.418 e. The molecule has 1 aromatic heterocycles. The lowest BCUT2D eigenvalue weighted by Crippen LogP contribution is -2.25. The van der Waals surface area contributed by atoms with Crippen LogP contribution in [-0.4, -0.2) is 15.7 Å². The minimum Gasteiger partial charge on any atom is -0.324 e. The molecule has 0 aliphatic carbocycles. The summed E-state index contributed by atoms with van der Waals surface area (Å²) < 4.78 is 39.8. The first-order valence-electron chi connectivity index (χ1n) is 5.96. The van der Waals surface area contributed by atoms with Gasteiger partial charge in [-0.1, -0.05) is 23.7 Å². The molecular weight excluding hydrogens is 307 g/mol. The normalized spacial score (nSPS) is 13.0. The van der Waals surface area contributed by atoms with E-state index in [9.17, 15) is 18.0 Å². The van der Waals surface area contributed by atoms with Gasteiger partial charge in [-0.25, -0.2) is 0 Å². The van der Waals surface area contributed by atoms with Crippen molar-refractivity contribution in [2.45, 2.75) is 19.1 Å². The number of amides is 1. The molecule has 8 heteroatoms. The van der Waals surface area contributed by atoms with Crippen molar-refractivity contribution < 1.29 is 18.0 Å². The summed E-state index contributed by atoms with van der Waals surface area (Å²) in [5.74, 6) is -0.619. The summed E-state index contributed by atoms with van der Waals surface area (Å²) in [6.45, 7) is 1.51. The lowest BCUT2D eigenvalue weighted by atomic mass is 10.1. The predicted octanol–water partition coefficient (Wildman–Crippen LogP) is 3.76. The van der Waals surface area contributed by atoms with Crippen LogP contribution in [0, 0.1) is 0 Å². The van der Waals surface area contributed by atoms with Crippen LogP contribution in [0.5, 0.6) is 0 Å². The summed E-state index contributed by atoms with van der Waals surface area (Å²) in [5.41, 5.74) is -1.19. The fourth-order valence-electron chi connectivity index (χ4n) is 1.72. The number of nitrogens with zero attached hydrogens (tertiary/aromatic N) is 2. The second-order valence-corrected chi connectivity index (χ2v) is 4.78. The van der Waals surface area contributed by atoms with Crippen molar-refractivity contribution >= 4 is 23.2 Å². The molecule has 21 heavy (non-hydrogen) atoms. The number of halogens is 4. The fourth-order valence-corrected chi connectivity index (χ4v) is 1.87. The maximum atomic E-state index is 12.8. The molecule has 0 saturated carbocycles. The van der Waals surface area contributed by atoms with E-state index in [1.807, 2.05) is 0 Å². The summed E-state index contributed by atoms with van der Waals surface area (Å²) in [6, 6.07) is 3.99. The van der Waals surface area contributed by atoms with E-state index in [1.165, 1.54) is 42.2 Å². The average molecular weight is 318 g/mol. The standard InChI is InChI=1S/C13H11ClF3N3O/c1-8(20-7-9(14)6-18-20)12(21)19-11-5-3-2-4-10(11)13(15,16)17/h2-8H,1H3,(H,19,21). The smallest absolute Gasteiger partial charge is 0.324 e. The molecular formula is C13H11ClF3N3O. The van der Waals surface area contributed by atoms with Crippen LogP contribution in [0.25, 0.3) is 0 Å². The number of hydrogen-bond acceptors (Lipinski definition) is 2. The van der Waals surface area contributed by atoms with Gasteiger partial charge in [0.15, 0.2) is 0 Å². The Balaban J connectivity index is 2.20. The van der Waals surface area contributed by atoms with E-state index >= 15 is 0 Å². The average Bonchev–Trinajstić information content (AvgIpc) is 2.84. The van der Waals surface area contributed by atoms with Crippen LogP contribution in [0.2, 0.25) is 5.02 Å².